The van der Waals surface area contributed by atoms with Crippen LogP contribution < -0.4 is 0 Å². The summed E-state index contributed by atoms with van der Waals surface area (Å²) in [4.78, 5) is 2.58. The number of hydrogen-bond acceptors (Lipinski definition) is 3. The molecule has 2 atom stereocenters. The van der Waals surface area contributed by atoms with E-state index in [9.17, 15) is 0 Å². The Morgan fingerprint density at radius 2 is 2.24 bits per heavy atom. The van der Waals surface area contributed by atoms with Gasteiger partial charge in [0.05, 0.1) is 6.10 Å². The molecule has 0 aromatic heterocycles. The molecule has 0 N–H and O–H groups in total. The molecule has 0 bridgehead atoms. The van der Waals surface area contributed by atoms with Crippen molar-refractivity contribution in [3.8, 4) is 0 Å². The van der Waals surface area contributed by atoms with E-state index in [0.717, 1.165) is 31.2 Å². The van der Waals surface area contributed by atoms with Crippen molar-refractivity contribution in [2.75, 3.05) is 32.0 Å². The average molecular weight is 259 g/mol. The van der Waals surface area contributed by atoms with Crippen LogP contribution in [0.5, 0.6) is 0 Å². The Morgan fingerprint density at radius 1 is 1.41 bits per heavy atom. The van der Waals surface area contributed by atoms with Crippen LogP contribution in [0.4, 0.5) is 0 Å². The number of ether oxygens (including phenoxy) is 1. The minimum atomic E-state index is 0.490. The van der Waals surface area contributed by atoms with Crippen molar-refractivity contribution in [2.24, 2.45) is 5.92 Å². The first-order valence-electron chi connectivity index (χ1n) is 7.21. The quantitative estimate of drug-likeness (QED) is 0.672. The molecule has 3 heteroatoms. The Morgan fingerprint density at radius 3 is 2.94 bits per heavy atom. The van der Waals surface area contributed by atoms with Gasteiger partial charge in [-0.05, 0) is 56.9 Å². The molecule has 2 nitrogen and oxygen atoms in total. The molecular weight excluding hydrogens is 230 g/mol. The van der Waals surface area contributed by atoms with Crippen LogP contribution in [0.15, 0.2) is 0 Å². The molecule has 0 saturated carbocycles. The first-order valence-corrected chi connectivity index (χ1v) is 7.84. The van der Waals surface area contributed by atoms with Gasteiger partial charge in [-0.1, -0.05) is 13.8 Å². The van der Waals surface area contributed by atoms with Crippen LogP contribution in [0, 0.1) is 5.92 Å². The van der Waals surface area contributed by atoms with Crippen molar-refractivity contribution in [3.63, 3.8) is 0 Å². The Hall–Kier alpha value is 0.270. The first-order chi connectivity index (χ1) is 8.26. The highest BCUT2D eigenvalue weighted by Crippen LogP contribution is 2.16. The standard InChI is InChI=1S/C14H29NOS/c1-3-10-16-14-5-4-8-15(12-14)9-6-13(2)7-11-17/h13-14,17H,3-12H2,1-2H3. The van der Waals surface area contributed by atoms with Gasteiger partial charge in [-0.15, -0.1) is 0 Å². The molecule has 0 aliphatic carbocycles. The second-order valence-electron chi connectivity index (χ2n) is 5.34. The molecule has 1 saturated heterocycles. The lowest BCUT2D eigenvalue weighted by Gasteiger charge is -2.33. The minimum absolute atomic E-state index is 0.490. The Bertz CT molecular complexity index is 189. The zero-order valence-corrected chi connectivity index (χ0v) is 12.4. The van der Waals surface area contributed by atoms with Crippen LogP contribution in [-0.4, -0.2) is 43.0 Å². The molecule has 1 fully saturated rings. The molecular formula is C14H29NOS. The smallest absolute Gasteiger partial charge is 0.0702 e. The van der Waals surface area contributed by atoms with Crippen LogP contribution >= 0.6 is 12.6 Å². The SMILES string of the molecule is CCCOC1CCCN(CCC(C)CCS)C1. The molecule has 0 aromatic carbocycles. The van der Waals surface area contributed by atoms with Crippen LogP contribution in [0.25, 0.3) is 0 Å². The van der Waals surface area contributed by atoms with Crippen molar-refractivity contribution >= 4 is 12.6 Å². The van der Waals surface area contributed by atoms with Gasteiger partial charge in [0.25, 0.3) is 0 Å². The zero-order chi connectivity index (χ0) is 12.5. The predicted molar refractivity (Wildman–Crippen MR) is 78.0 cm³/mol. The molecule has 0 spiro atoms. The summed E-state index contributed by atoms with van der Waals surface area (Å²) in [7, 11) is 0. The Balaban J connectivity index is 2.15. The average Bonchev–Trinajstić information content (AvgIpc) is 2.35. The minimum Gasteiger partial charge on any atom is -0.377 e. The van der Waals surface area contributed by atoms with E-state index in [1.54, 1.807) is 0 Å². The fraction of sp³-hybridized carbons (Fsp3) is 1.00. The van der Waals surface area contributed by atoms with Gasteiger partial charge in [0, 0.05) is 13.2 Å². The van der Waals surface area contributed by atoms with E-state index in [-0.39, 0.29) is 0 Å². The van der Waals surface area contributed by atoms with Crippen molar-refractivity contribution in [1.82, 2.24) is 4.90 Å². The van der Waals surface area contributed by atoms with Gasteiger partial charge in [0.2, 0.25) is 0 Å². The van der Waals surface area contributed by atoms with E-state index >= 15 is 0 Å². The summed E-state index contributed by atoms with van der Waals surface area (Å²) in [6.45, 7) is 9.09. The number of rotatable bonds is 8. The molecule has 17 heavy (non-hydrogen) atoms. The van der Waals surface area contributed by atoms with E-state index in [1.165, 1.54) is 38.8 Å². The van der Waals surface area contributed by atoms with Crippen LogP contribution in [-0.2, 0) is 4.74 Å². The molecule has 0 aromatic rings. The van der Waals surface area contributed by atoms with E-state index in [4.69, 9.17) is 4.74 Å². The molecule has 102 valence electrons. The molecule has 1 rings (SSSR count). The van der Waals surface area contributed by atoms with Gasteiger partial charge in [-0.3, -0.25) is 0 Å². The number of nitrogens with zero attached hydrogens (tertiary/aromatic N) is 1. The van der Waals surface area contributed by atoms with E-state index in [1.807, 2.05) is 0 Å². The summed E-state index contributed by atoms with van der Waals surface area (Å²) in [6, 6.07) is 0. The van der Waals surface area contributed by atoms with Crippen molar-refractivity contribution in [2.45, 2.75) is 52.1 Å². The summed E-state index contributed by atoms with van der Waals surface area (Å²) in [5, 5.41) is 0. The third-order valence-electron chi connectivity index (χ3n) is 3.58. The molecule has 1 aliphatic heterocycles. The zero-order valence-electron chi connectivity index (χ0n) is 11.5. The highest BCUT2D eigenvalue weighted by Gasteiger charge is 2.20. The number of hydrogen-bond donors (Lipinski definition) is 1. The summed E-state index contributed by atoms with van der Waals surface area (Å²) in [5.74, 6) is 1.83. The van der Waals surface area contributed by atoms with Gasteiger partial charge in [0.15, 0.2) is 0 Å². The summed E-state index contributed by atoms with van der Waals surface area (Å²) in [5.41, 5.74) is 0. The lowest BCUT2D eigenvalue weighted by Crippen LogP contribution is -2.40. The maximum Gasteiger partial charge on any atom is 0.0702 e. The maximum absolute atomic E-state index is 5.86. The van der Waals surface area contributed by atoms with Gasteiger partial charge < -0.3 is 9.64 Å². The number of likely N-dealkylation sites (tertiary alicyclic amines) is 1. The molecule has 0 radical (unpaired) electrons. The third-order valence-corrected chi connectivity index (χ3v) is 3.84. The second kappa shape index (κ2) is 9.23. The summed E-state index contributed by atoms with van der Waals surface area (Å²) >= 11 is 4.30. The largest absolute Gasteiger partial charge is 0.377 e. The van der Waals surface area contributed by atoms with Gasteiger partial charge in [-0.2, -0.15) is 12.6 Å². The van der Waals surface area contributed by atoms with Crippen molar-refractivity contribution in [1.29, 1.82) is 0 Å². The highest BCUT2D eigenvalue weighted by molar-refractivity contribution is 7.80. The summed E-state index contributed by atoms with van der Waals surface area (Å²) in [6.07, 6.45) is 6.73. The predicted octanol–water partition coefficient (Wildman–Crippen LogP) is 3.22. The number of thiol groups is 1. The van der Waals surface area contributed by atoms with Crippen molar-refractivity contribution < 1.29 is 4.74 Å². The lowest BCUT2D eigenvalue weighted by atomic mass is 10.0. The maximum atomic E-state index is 5.86. The molecule has 1 heterocycles. The lowest BCUT2D eigenvalue weighted by molar-refractivity contribution is -0.00111. The normalized spacial score (nSPS) is 23.8. The van der Waals surface area contributed by atoms with E-state index < -0.39 is 0 Å². The molecule has 0 amide bonds. The monoisotopic (exact) mass is 259 g/mol. The number of piperidine rings is 1. The van der Waals surface area contributed by atoms with Crippen LogP contribution in [0.2, 0.25) is 0 Å². The van der Waals surface area contributed by atoms with E-state index in [2.05, 4.69) is 31.4 Å². The third kappa shape index (κ3) is 6.68. The molecule has 1 aliphatic rings. The first kappa shape index (κ1) is 15.3. The highest BCUT2D eigenvalue weighted by atomic mass is 32.1. The van der Waals surface area contributed by atoms with Gasteiger partial charge >= 0.3 is 0 Å². The van der Waals surface area contributed by atoms with Gasteiger partial charge in [0.1, 0.15) is 0 Å². The van der Waals surface area contributed by atoms with E-state index in [0.29, 0.717) is 6.10 Å². The van der Waals surface area contributed by atoms with Crippen LogP contribution in [0.1, 0.15) is 46.0 Å². The summed E-state index contributed by atoms with van der Waals surface area (Å²) < 4.78 is 5.86. The van der Waals surface area contributed by atoms with Crippen molar-refractivity contribution in [3.05, 3.63) is 0 Å². The fourth-order valence-electron chi connectivity index (χ4n) is 2.40. The fourth-order valence-corrected chi connectivity index (χ4v) is 2.85. The topological polar surface area (TPSA) is 12.5 Å². The Labute approximate surface area is 113 Å². The Kier molecular flexibility index (Phi) is 8.33. The molecule has 2 unspecified atom stereocenters. The van der Waals surface area contributed by atoms with Crippen LogP contribution in [0.3, 0.4) is 0 Å². The van der Waals surface area contributed by atoms with Gasteiger partial charge in [-0.25, -0.2) is 0 Å². The second-order valence-corrected chi connectivity index (χ2v) is 5.79.